The molecule has 0 aliphatic rings. The third-order valence-corrected chi connectivity index (χ3v) is 4.50. The van der Waals surface area contributed by atoms with Gasteiger partial charge in [0.1, 0.15) is 0 Å². The van der Waals surface area contributed by atoms with Crippen molar-refractivity contribution in [3.8, 4) is 0 Å². The van der Waals surface area contributed by atoms with E-state index in [1.165, 1.54) is 18.2 Å². The van der Waals surface area contributed by atoms with E-state index in [4.69, 9.17) is 5.21 Å². The van der Waals surface area contributed by atoms with Gasteiger partial charge in [0, 0.05) is 0 Å². The Kier molecular flexibility index (Phi) is 3.48. The first-order valence-corrected chi connectivity index (χ1v) is 7.20. The predicted molar refractivity (Wildman–Crippen MR) is 58.8 cm³/mol. The van der Waals surface area contributed by atoms with Crippen LogP contribution in [0.25, 0.3) is 0 Å². The van der Waals surface area contributed by atoms with Crippen LogP contribution in [0.3, 0.4) is 0 Å². The van der Waals surface area contributed by atoms with E-state index in [1.54, 1.807) is 0 Å². The molecular formula is C8H9NO5S2. The van der Waals surface area contributed by atoms with Crippen molar-refractivity contribution in [2.45, 2.75) is 9.79 Å². The number of carbonyl (C=O) groups is 1. The molecule has 0 saturated carbocycles. The number of rotatable bonds is 4. The number of carbonyl (C=O) groups excluding carboxylic acids is 1. The Bertz CT molecular complexity index is 603. The van der Waals surface area contributed by atoms with Crippen molar-refractivity contribution in [3.05, 3.63) is 24.3 Å². The van der Waals surface area contributed by atoms with Gasteiger partial charge in [0.15, 0.2) is 0 Å². The van der Waals surface area contributed by atoms with Crippen molar-refractivity contribution >= 4 is 31.0 Å². The number of nitrogens with one attached hydrogen (secondary N) is 1. The molecule has 0 saturated heterocycles. The van der Waals surface area contributed by atoms with E-state index in [0.29, 0.717) is 0 Å². The zero-order valence-corrected chi connectivity index (χ0v) is 9.62. The third-order valence-electron chi connectivity index (χ3n) is 1.79. The van der Waals surface area contributed by atoms with Gasteiger partial charge in [-0.2, -0.15) is 0 Å². The van der Waals surface area contributed by atoms with E-state index in [2.05, 4.69) is 5.87 Å². The molecule has 1 aromatic carbocycles. The van der Waals surface area contributed by atoms with Crippen LogP contribution in [0.4, 0.5) is 0 Å². The van der Waals surface area contributed by atoms with Crippen LogP contribution in [0.2, 0.25) is 0 Å². The summed E-state index contributed by atoms with van der Waals surface area (Å²) in [5.41, 5.74) is 0.0821. The van der Waals surface area contributed by atoms with Crippen molar-refractivity contribution in [2.24, 2.45) is 0 Å². The van der Waals surface area contributed by atoms with E-state index in [-0.39, 0.29) is 10.5 Å². The average molecular weight is 263 g/mol. The monoisotopic (exact) mass is 263 g/mol. The first-order valence-electron chi connectivity index (χ1n) is 3.92. The van der Waals surface area contributed by atoms with E-state index >= 15 is 0 Å². The van der Waals surface area contributed by atoms with Gasteiger partial charge in [0.25, 0.3) is 10.0 Å². The van der Waals surface area contributed by atoms with E-state index in [1.807, 2.05) is 0 Å². The minimum atomic E-state index is -4.19. The van der Waals surface area contributed by atoms with Gasteiger partial charge < -0.3 is 5.21 Å². The smallest absolute Gasteiger partial charge is 0.263 e. The lowest BCUT2D eigenvalue weighted by Crippen LogP contribution is -2.22. The number of hydrogen-bond acceptors (Lipinski definition) is 5. The third kappa shape index (κ3) is 2.30. The Balaban J connectivity index is 3.63. The van der Waals surface area contributed by atoms with Gasteiger partial charge in [-0.15, -0.1) is 0 Å². The molecule has 8 heteroatoms. The van der Waals surface area contributed by atoms with E-state index in [9.17, 15) is 17.4 Å². The summed E-state index contributed by atoms with van der Waals surface area (Å²) < 4.78 is 34.4. The van der Waals surface area contributed by atoms with Crippen LogP contribution in [0.15, 0.2) is 34.1 Å². The Morgan fingerprint density at radius 3 is 2.12 bits per heavy atom. The van der Waals surface area contributed by atoms with Gasteiger partial charge in [0.05, 0.1) is 19.3 Å². The van der Waals surface area contributed by atoms with Gasteiger partial charge in [-0.25, -0.2) is 8.42 Å². The Labute approximate surface area is 92.9 Å². The first-order chi connectivity index (χ1) is 7.35. The Morgan fingerprint density at radius 2 is 1.69 bits per heavy atom. The molecule has 1 rings (SSSR count). The quantitative estimate of drug-likeness (QED) is 0.438. The Hall–Kier alpha value is -1.22. The van der Waals surface area contributed by atoms with Gasteiger partial charge in [0.2, 0.25) is 5.62 Å². The number of benzene rings is 1. The summed E-state index contributed by atoms with van der Waals surface area (Å²) in [7, 11) is -7.53. The minimum Gasteiger partial charge on any atom is -0.302 e. The maximum Gasteiger partial charge on any atom is 0.263 e. The SMILES string of the molecule is C=S(=O)(C=O)c1ccccc1S(=O)(=O)NO. The molecule has 0 bridgehead atoms. The fourth-order valence-corrected chi connectivity index (χ4v) is 3.32. The summed E-state index contributed by atoms with van der Waals surface area (Å²) in [5.74, 6) is 3.15. The summed E-state index contributed by atoms with van der Waals surface area (Å²) in [5, 5.41) is 8.47. The molecule has 0 fully saturated rings. The highest BCUT2D eigenvalue weighted by Gasteiger charge is 2.21. The van der Waals surface area contributed by atoms with Crippen molar-refractivity contribution < 1.29 is 22.6 Å². The van der Waals surface area contributed by atoms with Crippen LogP contribution in [0, 0.1) is 0 Å². The number of sulfonamides is 1. The summed E-state index contributed by atoms with van der Waals surface area (Å²) in [6, 6.07) is 5.10. The lowest BCUT2D eigenvalue weighted by Gasteiger charge is -2.08. The highest BCUT2D eigenvalue weighted by atomic mass is 32.2. The molecule has 0 heterocycles. The molecule has 0 aliphatic carbocycles. The Morgan fingerprint density at radius 1 is 1.19 bits per heavy atom. The van der Waals surface area contributed by atoms with Gasteiger partial charge in [-0.05, 0) is 18.0 Å². The second kappa shape index (κ2) is 4.34. The van der Waals surface area contributed by atoms with Gasteiger partial charge in [-0.3, -0.25) is 9.00 Å². The highest BCUT2D eigenvalue weighted by molar-refractivity contribution is 8.12. The fourth-order valence-electron chi connectivity index (χ4n) is 1.06. The zero-order chi connectivity index (χ0) is 12.4. The van der Waals surface area contributed by atoms with Gasteiger partial charge >= 0.3 is 0 Å². The molecular weight excluding hydrogens is 254 g/mol. The molecule has 0 amide bonds. The summed E-state index contributed by atoms with van der Waals surface area (Å²) in [4.78, 5) is 11.0. The highest BCUT2D eigenvalue weighted by Crippen LogP contribution is 2.20. The molecule has 6 nitrogen and oxygen atoms in total. The van der Waals surface area contributed by atoms with Crippen molar-refractivity contribution in [1.29, 1.82) is 0 Å². The van der Waals surface area contributed by atoms with Crippen LogP contribution in [-0.2, 0) is 24.3 Å². The molecule has 0 spiro atoms. The lowest BCUT2D eigenvalue weighted by atomic mass is 10.4. The van der Waals surface area contributed by atoms with E-state index < -0.39 is 24.4 Å². The van der Waals surface area contributed by atoms with Crippen LogP contribution in [-0.4, -0.2) is 29.3 Å². The average Bonchev–Trinajstić information content (AvgIpc) is 2.29. The van der Waals surface area contributed by atoms with Crippen LogP contribution >= 0.6 is 0 Å². The lowest BCUT2D eigenvalue weighted by molar-refractivity contribution is 0.242. The predicted octanol–water partition coefficient (Wildman–Crippen LogP) is -0.380. The van der Waals surface area contributed by atoms with E-state index in [0.717, 1.165) is 11.0 Å². The maximum atomic E-state index is 11.7. The second-order valence-corrected chi connectivity index (χ2v) is 6.58. The normalized spacial score (nSPS) is 15.3. The molecule has 88 valence electrons. The second-order valence-electron chi connectivity index (χ2n) is 2.86. The maximum absolute atomic E-state index is 11.7. The summed E-state index contributed by atoms with van der Waals surface area (Å²) in [6.45, 7) is 0. The molecule has 2 N–H and O–H groups in total. The topological polar surface area (TPSA) is 101 Å². The minimum absolute atomic E-state index is 0.0821. The molecule has 1 aromatic rings. The largest absolute Gasteiger partial charge is 0.302 e. The van der Waals surface area contributed by atoms with Crippen LogP contribution < -0.4 is 4.89 Å². The summed E-state index contributed by atoms with van der Waals surface area (Å²) in [6.07, 6.45) is 0. The van der Waals surface area contributed by atoms with Crippen molar-refractivity contribution in [2.75, 3.05) is 0 Å². The van der Waals surface area contributed by atoms with Gasteiger partial charge in [-0.1, -0.05) is 17.0 Å². The van der Waals surface area contributed by atoms with Crippen molar-refractivity contribution in [1.82, 2.24) is 4.89 Å². The number of hydrogen-bond donors (Lipinski definition) is 2. The fraction of sp³-hybridized carbons (Fsp3) is 0. The standard InChI is InChI=1S/C8H9NO5S2/c1-15(12,6-10)7-4-2-3-5-8(7)16(13,14)9-11/h2-6,9,11H,1H2. The first kappa shape index (κ1) is 12.8. The van der Waals surface area contributed by atoms with Crippen LogP contribution in [0.5, 0.6) is 0 Å². The van der Waals surface area contributed by atoms with Crippen molar-refractivity contribution in [3.63, 3.8) is 0 Å². The molecule has 16 heavy (non-hydrogen) atoms. The molecule has 1 atom stereocenters. The molecule has 0 radical (unpaired) electrons. The molecule has 0 aromatic heterocycles. The molecule has 0 aliphatic heterocycles. The van der Waals surface area contributed by atoms with Crippen LogP contribution in [0.1, 0.15) is 0 Å². The summed E-state index contributed by atoms with van der Waals surface area (Å²) >= 11 is 0. The molecule has 1 unspecified atom stereocenters. The zero-order valence-electron chi connectivity index (χ0n) is 7.99.